The molecular formula is C10H11N3O. The fourth-order valence-corrected chi connectivity index (χ4v) is 1.77. The van der Waals surface area contributed by atoms with Gasteiger partial charge < -0.3 is 15.7 Å². The molecule has 0 unspecified atom stereocenters. The third-order valence-corrected chi connectivity index (χ3v) is 2.88. The normalized spacial score (nSPS) is 18.6. The first kappa shape index (κ1) is 7.82. The lowest BCUT2D eigenvalue weighted by Gasteiger charge is -2.07. The molecule has 0 radical (unpaired) electrons. The highest BCUT2D eigenvalue weighted by Crippen LogP contribution is 2.42. The minimum Gasteiger partial charge on any atom is -0.321 e. The fraction of sp³-hybridized carbons (Fsp3) is 0.300. The number of aromatic nitrogens is 2. The third-order valence-electron chi connectivity index (χ3n) is 2.88. The number of rotatable bonds is 1. The topological polar surface area (TPSA) is 74.7 Å². The molecule has 0 bridgehead atoms. The number of H-pyrrole nitrogens is 2. The van der Waals surface area contributed by atoms with Gasteiger partial charge in [-0.25, -0.2) is 4.79 Å². The number of benzene rings is 1. The molecule has 1 aromatic carbocycles. The molecule has 1 fully saturated rings. The Morgan fingerprint density at radius 2 is 1.93 bits per heavy atom. The van der Waals surface area contributed by atoms with E-state index in [-0.39, 0.29) is 11.2 Å². The molecule has 2 aromatic rings. The zero-order valence-corrected chi connectivity index (χ0v) is 7.63. The zero-order valence-electron chi connectivity index (χ0n) is 7.63. The highest BCUT2D eigenvalue weighted by Gasteiger charge is 2.39. The van der Waals surface area contributed by atoms with Crippen molar-refractivity contribution in [1.82, 2.24) is 9.97 Å². The summed E-state index contributed by atoms with van der Waals surface area (Å²) in [5.74, 6) is 0. The van der Waals surface area contributed by atoms with Crippen molar-refractivity contribution >= 4 is 11.0 Å². The predicted molar refractivity (Wildman–Crippen MR) is 54.0 cm³/mol. The summed E-state index contributed by atoms with van der Waals surface area (Å²) in [7, 11) is 0. The van der Waals surface area contributed by atoms with E-state index < -0.39 is 0 Å². The van der Waals surface area contributed by atoms with Gasteiger partial charge in [-0.3, -0.25) is 0 Å². The summed E-state index contributed by atoms with van der Waals surface area (Å²) >= 11 is 0. The van der Waals surface area contributed by atoms with Crippen molar-refractivity contribution in [3.63, 3.8) is 0 Å². The Balaban J connectivity index is 2.24. The zero-order chi connectivity index (χ0) is 9.76. The molecule has 1 aliphatic carbocycles. The largest absolute Gasteiger partial charge is 0.323 e. The first-order valence-corrected chi connectivity index (χ1v) is 4.69. The van der Waals surface area contributed by atoms with E-state index in [9.17, 15) is 4.79 Å². The minimum atomic E-state index is -0.168. The predicted octanol–water partition coefficient (Wildman–Crippen LogP) is 0.804. The number of hydrogen-bond acceptors (Lipinski definition) is 2. The van der Waals surface area contributed by atoms with Crippen molar-refractivity contribution in [2.24, 2.45) is 5.73 Å². The summed E-state index contributed by atoms with van der Waals surface area (Å²) in [6.07, 6.45) is 2.07. The molecule has 4 nitrogen and oxygen atoms in total. The lowest BCUT2D eigenvalue weighted by Crippen LogP contribution is -2.18. The van der Waals surface area contributed by atoms with Gasteiger partial charge in [-0.2, -0.15) is 0 Å². The fourth-order valence-electron chi connectivity index (χ4n) is 1.77. The average Bonchev–Trinajstić information content (AvgIpc) is 2.79. The quantitative estimate of drug-likeness (QED) is 0.620. The van der Waals surface area contributed by atoms with Crippen molar-refractivity contribution in [2.75, 3.05) is 0 Å². The van der Waals surface area contributed by atoms with E-state index in [1.807, 2.05) is 18.2 Å². The van der Waals surface area contributed by atoms with E-state index >= 15 is 0 Å². The van der Waals surface area contributed by atoms with Crippen molar-refractivity contribution in [1.29, 1.82) is 0 Å². The van der Waals surface area contributed by atoms with Gasteiger partial charge in [-0.1, -0.05) is 6.07 Å². The first-order valence-electron chi connectivity index (χ1n) is 4.69. The summed E-state index contributed by atoms with van der Waals surface area (Å²) in [4.78, 5) is 16.5. The molecule has 72 valence electrons. The lowest BCUT2D eigenvalue weighted by atomic mass is 10.1. The third kappa shape index (κ3) is 1.01. The number of aromatic amines is 2. The monoisotopic (exact) mass is 189 g/mol. The van der Waals surface area contributed by atoms with Crippen LogP contribution in [0.5, 0.6) is 0 Å². The molecule has 4 N–H and O–H groups in total. The second-order valence-electron chi connectivity index (χ2n) is 4.00. The van der Waals surface area contributed by atoms with E-state index in [1.165, 1.54) is 0 Å². The summed E-state index contributed by atoms with van der Waals surface area (Å²) in [6.45, 7) is 0. The number of hydrogen-bond donors (Lipinski definition) is 3. The van der Waals surface area contributed by atoms with E-state index in [1.54, 1.807) is 0 Å². The Hall–Kier alpha value is -1.55. The van der Waals surface area contributed by atoms with Crippen molar-refractivity contribution in [3.8, 4) is 0 Å². The molecular weight excluding hydrogens is 178 g/mol. The van der Waals surface area contributed by atoms with Crippen LogP contribution in [0.4, 0.5) is 0 Å². The summed E-state index contributed by atoms with van der Waals surface area (Å²) in [6, 6.07) is 5.84. The van der Waals surface area contributed by atoms with Crippen LogP contribution in [0.1, 0.15) is 18.4 Å². The standard InChI is InChI=1S/C10H11N3O/c11-10(3-4-10)6-1-2-7-8(5-6)13-9(14)12-7/h1-2,5H,3-4,11H2,(H2,12,13,14). The molecule has 1 aromatic heterocycles. The first-order chi connectivity index (χ1) is 6.67. The van der Waals surface area contributed by atoms with E-state index in [0.29, 0.717) is 0 Å². The van der Waals surface area contributed by atoms with Crippen LogP contribution in [0.15, 0.2) is 23.0 Å². The van der Waals surface area contributed by atoms with Crippen LogP contribution in [-0.2, 0) is 5.54 Å². The highest BCUT2D eigenvalue weighted by atomic mass is 16.1. The summed E-state index contributed by atoms with van der Waals surface area (Å²) in [5.41, 5.74) is 8.54. The Kier molecular flexibility index (Phi) is 1.27. The Bertz CT molecular complexity index is 548. The summed E-state index contributed by atoms with van der Waals surface area (Å²) in [5, 5.41) is 0. The Morgan fingerprint density at radius 3 is 2.64 bits per heavy atom. The number of imidazole rings is 1. The molecule has 0 atom stereocenters. The van der Waals surface area contributed by atoms with Crippen LogP contribution in [0.2, 0.25) is 0 Å². The smallest absolute Gasteiger partial charge is 0.321 e. The van der Waals surface area contributed by atoms with Gasteiger partial charge in [0.15, 0.2) is 0 Å². The molecule has 3 rings (SSSR count). The van der Waals surface area contributed by atoms with Crippen LogP contribution >= 0.6 is 0 Å². The van der Waals surface area contributed by atoms with E-state index in [0.717, 1.165) is 29.4 Å². The van der Waals surface area contributed by atoms with Gasteiger partial charge in [-0.15, -0.1) is 0 Å². The summed E-state index contributed by atoms with van der Waals surface area (Å²) < 4.78 is 0. The van der Waals surface area contributed by atoms with Crippen LogP contribution < -0.4 is 11.4 Å². The van der Waals surface area contributed by atoms with Gasteiger partial charge in [0, 0.05) is 5.54 Å². The van der Waals surface area contributed by atoms with Crippen LogP contribution in [0, 0.1) is 0 Å². The van der Waals surface area contributed by atoms with Crippen LogP contribution in [0.3, 0.4) is 0 Å². The van der Waals surface area contributed by atoms with E-state index in [4.69, 9.17) is 5.73 Å². The molecule has 0 spiro atoms. The van der Waals surface area contributed by atoms with Crippen molar-refractivity contribution in [3.05, 3.63) is 34.2 Å². The molecule has 1 saturated carbocycles. The maximum Gasteiger partial charge on any atom is 0.323 e. The Labute approximate surface area is 80.1 Å². The second kappa shape index (κ2) is 2.27. The molecule has 0 amide bonds. The molecule has 4 heteroatoms. The van der Waals surface area contributed by atoms with Crippen LogP contribution in [0.25, 0.3) is 11.0 Å². The highest BCUT2D eigenvalue weighted by molar-refractivity contribution is 5.75. The minimum absolute atomic E-state index is 0.137. The number of nitrogens with two attached hydrogens (primary N) is 1. The van der Waals surface area contributed by atoms with Gasteiger partial charge in [0.25, 0.3) is 0 Å². The van der Waals surface area contributed by atoms with E-state index in [2.05, 4.69) is 9.97 Å². The van der Waals surface area contributed by atoms with Crippen LogP contribution in [-0.4, -0.2) is 9.97 Å². The number of nitrogens with one attached hydrogen (secondary N) is 2. The van der Waals surface area contributed by atoms with Gasteiger partial charge >= 0.3 is 5.69 Å². The SMILES string of the molecule is NC1(c2ccc3[nH]c(=O)[nH]c3c2)CC1. The number of fused-ring (bicyclic) bond motifs is 1. The van der Waals surface area contributed by atoms with Gasteiger partial charge in [0.2, 0.25) is 0 Å². The molecule has 0 saturated heterocycles. The lowest BCUT2D eigenvalue weighted by molar-refractivity contribution is 0.741. The average molecular weight is 189 g/mol. The molecule has 1 heterocycles. The molecule has 0 aliphatic heterocycles. The Morgan fingerprint density at radius 1 is 1.21 bits per heavy atom. The van der Waals surface area contributed by atoms with Crippen molar-refractivity contribution < 1.29 is 0 Å². The van der Waals surface area contributed by atoms with Gasteiger partial charge in [0.05, 0.1) is 11.0 Å². The van der Waals surface area contributed by atoms with Crippen molar-refractivity contribution in [2.45, 2.75) is 18.4 Å². The van der Waals surface area contributed by atoms with Gasteiger partial charge in [-0.05, 0) is 30.5 Å². The maximum absolute atomic E-state index is 11.0. The maximum atomic E-state index is 11.0. The van der Waals surface area contributed by atoms with Gasteiger partial charge in [0.1, 0.15) is 0 Å². The molecule has 1 aliphatic rings. The molecule has 14 heavy (non-hydrogen) atoms. The second-order valence-corrected chi connectivity index (χ2v) is 4.00.